The molecule has 4 nitrogen and oxygen atoms in total. The van der Waals surface area contributed by atoms with Crippen molar-refractivity contribution in [2.45, 2.75) is 0 Å². The fourth-order valence-corrected chi connectivity index (χ4v) is 1.24. The molecule has 2 aromatic heterocycles. The van der Waals surface area contributed by atoms with Crippen LogP contribution in [-0.2, 0) is 0 Å². The van der Waals surface area contributed by atoms with Crippen molar-refractivity contribution in [1.29, 1.82) is 0 Å². The molecule has 0 aliphatic carbocycles. The zero-order valence-corrected chi connectivity index (χ0v) is 6.88. The maximum Gasteiger partial charge on any atom is 0.221 e. The number of nitrogens with zero attached hydrogens (tertiary/aromatic N) is 3. The van der Waals surface area contributed by atoms with Gasteiger partial charge in [-0.1, -0.05) is 0 Å². The second-order valence-electron chi connectivity index (χ2n) is 2.23. The summed E-state index contributed by atoms with van der Waals surface area (Å²) in [6.07, 6.45) is 3.60. The number of nitrogens with two attached hydrogens (primary N) is 1. The molecule has 2 heterocycles. The highest BCUT2D eigenvalue weighted by atomic mass is 31.0. The lowest BCUT2D eigenvalue weighted by Crippen LogP contribution is -1.94. The Hall–Kier alpha value is -1.15. The first kappa shape index (κ1) is 6.55. The smallest absolute Gasteiger partial charge is 0.221 e. The van der Waals surface area contributed by atoms with Crippen LogP contribution in [-0.4, -0.2) is 14.3 Å². The molecule has 56 valence electrons. The standard InChI is InChI=1S/C6H7N4P/c7-6-8-3-4-1-2-10(11)5(4)9-6/h1-3H,11H2,(H2,7,8,9). The van der Waals surface area contributed by atoms with E-state index in [1.807, 2.05) is 16.6 Å². The van der Waals surface area contributed by atoms with Crippen molar-refractivity contribution in [3.63, 3.8) is 0 Å². The molecule has 1 unspecified atom stereocenters. The molecule has 0 radical (unpaired) electrons. The largest absolute Gasteiger partial charge is 0.368 e. The van der Waals surface area contributed by atoms with Gasteiger partial charge in [-0.25, -0.2) is 4.98 Å². The van der Waals surface area contributed by atoms with E-state index < -0.39 is 0 Å². The van der Waals surface area contributed by atoms with Crippen LogP contribution in [0.2, 0.25) is 0 Å². The van der Waals surface area contributed by atoms with Crippen molar-refractivity contribution in [2.75, 3.05) is 5.73 Å². The van der Waals surface area contributed by atoms with E-state index in [0.29, 0.717) is 5.95 Å². The number of anilines is 1. The quantitative estimate of drug-likeness (QED) is 0.584. The van der Waals surface area contributed by atoms with Crippen molar-refractivity contribution in [3.05, 3.63) is 18.5 Å². The zero-order valence-electron chi connectivity index (χ0n) is 5.73. The molecule has 0 saturated carbocycles. The Morgan fingerprint density at radius 2 is 2.36 bits per heavy atom. The van der Waals surface area contributed by atoms with Gasteiger partial charge < -0.3 is 10.1 Å². The zero-order chi connectivity index (χ0) is 7.84. The first-order valence-corrected chi connectivity index (χ1v) is 3.63. The van der Waals surface area contributed by atoms with Crippen molar-refractivity contribution in [1.82, 2.24) is 14.3 Å². The highest BCUT2D eigenvalue weighted by Crippen LogP contribution is 2.14. The highest BCUT2D eigenvalue weighted by Gasteiger charge is 1.98. The van der Waals surface area contributed by atoms with Crippen LogP contribution in [0, 0.1) is 0 Å². The molecule has 2 N–H and O–H groups in total. The number of aromatic nitrogens is 3. The Balaban J connectivity index is 2.87. The van der Waals surface area contributed by atoms with Gasteiger partial charge in [0.1, 0.15) is 5.65 Å². The summed E-state index contributed by atoms with van der Waals surface area (Å²) in [6.45, 7) is 0. The Kier molecular flexibility index (Phi) is 1.29. The molecular weight excluding hydrogens is 159 g/mol. The van der Waals surface area contributed by atoms with Gasteiger partial charge in [-0.05, 0) is 15.5 Å². The molecule has 5 heteroatoms. The number of rotatable bonds is 0. The summed E-state index contributed by atoms with van der Waals surface area (Å²) in [5, 5.41) is 0.995. The predicted molar refractivity (Wildman–Crippen MR) is 47.0 cm³/mol. The van der Waals surface area contributed by atoms with E-state index in [9.17, 15) is 0 Å². The summed E-state index contributed by atoms with van der Waals surface area (Å²) in [5.41, 5.74) is 6.24. The molecule has 0 aromatic carbocycles. The topological polar surface area (TPSA) is 56.7 Å². The number of hydrogen-bond acceptors (Lipinski definition) is 3. The summed E-state index contributed by atoms with van der Waals surface area (Å²) < 4.78 is 1.83. The van der Waals surface area contributed by atoms with Crippen LogP contribution in [0.4, 0.5) is 5.95 Å². The summed E-state index contributed by atoms with van der Waals surface area (Å²) in [7, 11) is 2.52. The normalized spacial score (nSPS) is 10.6. The van der Waals surface area contributed by atoms with E-state index in [-0.39, 0.29) is 0 Å². The van der Waals surface area contributed by atoms with Crippen LogP contribution in [0.5, 0.6) is 0 Å². The Morgan fingerprint density at radius 3 is 3.18 bits per heavy atom. The molecule has 0 aliphatic heterocycles. The van der Waals surface area contributed by atoms with E-state index in [1.54, 1.807) is 6.20 Å². The van der Waals surface area contributed by atoms with E-state index in [0.717, 1.165) is 11.0 Å². The molecule has 2 aromatic rings. The average molecular weight is 166 g/mol. The van der Waals surface area contributed by atoms with Gasteiger partial charge >= 0.3 is 0 Å². The molecule has 2 rings (SSSR count). The monoisotopic (exact) mass is 166 g/mol. The first-order chi connectivity index (χ1) is 5.27. The summed E-state index contributed by atoms with van der Waals surface area (Å²) in [6, 6.07) is 1.93. The van der Waals surface area contributed by atoms with Crippen LogP contribution in [0.3, 0.4) is 0 Å². The summed E-state index contributed by atoms with van der Waals surface area (Å²) in [4.78, 5) is 7.91. The van der Waals surface area contributed by atoms with Crippen molar-refractivity contribution >= 4 is 26.4 Å². The molecule has 0 spiro atoms. The summed E-state index contributed by atoms with van der Waals surface area (Å²) >= 11 is 0. The molecule has 0 amide bonds. The van der Waals surface area contributed by atoms with Gasteiger partial charge in [0.15, 0.2) is 0 Å². The third kappa shape index (κ3) is 0.955. The molecule has 0 saturated heterocycles. The molecule has 0 aliphatic rings. The minimum Gasteiger partial charge on any atom is -0.368 e. The van der Waals surface area contributed by atoms with Gasteiger partial charge in [-0.15, -0.1) is 0 Å². The highest BCUT2D eigenvalue weighted by molar-refractivity contribution is 7.14. The van der Waals surface area contributed by atoms with Crippen LogP contribution in [0.1, 0.15) is 0 Å². The van der Waals surface area contributed by atoms with E-state index >= 15 is 0 Å². The van der Waals surface area contributed by atoms with Crippen molar-refractivity contribution in [3.8, 4) is 0 Å². The third-order valence-electron chi connectivity index (χ3n) is 1.47. The van der Waals surface area contributed by atoms with Gasteiger partial charge in [0, 0.05) is 17.8 Å². The van der Waals surface area contributed by atoms with Gasteiger partial charge in [0.2, 0.25) is 5.95 Å². The lowest BCUT2D eigenvalue weighted by Gasteiger charge is -1.94. The van der Waals surface area contributed by atoms with Crippen LogP contribution in [0.15, 0.2) is 18.5 Å². The van der Waals surface area contributed by atoms with E-state index in [1.165, 1.54) is 0 Å². The van der Waals surface area contributed by atoms with Crippen LogP contribution < -0.4 is 5.73 Å². The van der Waals surface area contributed by atoms with Gasteiger partial charge in [0.25, 0.3) is 0 Å². The molecule has 1 atom stereocenters. The maximum atomic E-state index is 5.41. The Bertz CT molecular complexity index is 394. The fraction of sp³-hybridized carbons (Fsp3) is 0. The number of hydrogen-bond donors (Lipinski definition) is 1. The number of nitrogen functional groups attached to an aromatic ring is 1. The van der Waals surface area contributed by atoms with E-state index in [4.69, 9.17) is 5.73 Å². The fourth-order valence-electron chi connectivity index (χ4n) is 0.951. The average Bonchev–Trinajstić information content (AvgIpc) is 2.33. The van der Waals surface area contributed by atoms with Gasteiger partial charge in [-0.3, -0.25) is 0 Å². The minimum absolute atomic E-state index is 0.305. The van der Waals surface area contributed by atoms with Crippen molar-refractivity contribution in [2.24, 2.45) is 0 Å². The molecule has 0 fully saturated rings. The van der Waals surface area contributed by atoms with Crippen LogP contribution in [0.25, 0.3) is 11.0 Å². The van der Waals surface area contributed by atoms with Crippen LogP contribution >= 0.6 is 9.39 Å². The first-order valence-electron chi connectivity index (χ1n) is 3.12. The molecular formula is C6H7N4P. The molecule has 0 bridgehead atoms. The number of fused-ring (bicyclic) bond motifs is 1. The second kappa shape index (κ2) is 2.17. The second-order valence-corrected chi connectivity index (χ2v) is 2.79. The predicted octanol–water partition coefficient (Wildman–Crippen LogP) is 0.652. The Morgan fingerprint density at radius 1 is 1.55 bits per heavy atom. The van der Waals surface area contributed by atoms with Gasteiger partial charge in [-0.2, -0.15) is 4.98 Å². The minimum atomic E-state index is 0.305. The lowest BCUT2D eigenvalue weighted by molar-refractivity contribution is 1.19. The maximum absolute atomic E-state index is 5.41. The summed E-state index contributed by atoms with van der Waals surface area (Å²) in [5.74, 6) is 0.305. The van der Waals surface area contributed by atoms with Gasteiger partial charge in [0.05, 0.1) is 0 Å². The van der Waals surface area contributed by atoms with E-state index in [2.05, 4.69) is 19.4 Å². The Labute approximate surface area is 65.7 Å². The lowest BCUT2D eigenvalue weighted by atomic mass is 10.4. The third-order valence-corrected chi connectivity index (χ3v) is 1.89. The van der Waals surface area contributed by atoms with Crippen molar-refractivity contribution < 1.29 is 0 Å². The SMILES string of the molecule is Nc1ncc2ccn(P)c2n1. The molecule has 11 heavy (non-hydrogen) atoms.